The number of benzene rings is 2. The van der Waals surface area contributed by atoms with Gasteiger partial charge in [-0.2, -0.15) is 0 Å². The normalized spacial score (nSPS) is 10.5. The van der Waals surface area contributed by atoms with Gasteiger partial charge in [0.2, 0.25) is 5.91 Å². The van der Waals surface area contributed by atoms with E-state index in [1.165, 1.54) is 18.8 Å². The van der Waals surface area contributed by atoms with Gasteiger partial charge in [-0.1, -0.05) is 58.0 Å². The third kappa shape index (κ3) is 4.39. The molecule has 3 rings (SSSR count). The largest absolute Gasteiger partial charge is 0.341 e. The molecule has 0 unspecified atom stereocenters. The van der Waals surface area contributed by atoms with E-state index in [0.29, 0.717) is 10.9 Å². The number of amides is 3. The number of carbonyl (C=O) groups excluding carboxylic acids is 2. The molecule has 1 heterocycles. The lowest BCUT2D eigenvalue weighted by Gasteiger charge is -2.09. The van der Waals surface area contributed by atoms with E-state index in [1.807, 2.05) is 48.5 Å². The van der Waals surface area contributed by atoms with E-state index in [0.717, 1.165) is 20.9 Å². The molecule has 2 N–H and O–H groups in total. The van der Waals surface area contributed by atoms with Crippen LogP contribution in [0.25, 0.3) is 22.3 Å². The molecule has 0 aliphatic heterocycles. The van der Waals surface area contributed by atoms with E-state index in [-0.39, 0.29) is 11.7 Å². The van der Waals surface area contributed by atoms with Crippen LogP contribution in [0.4, 0.5) is 4.79 Å². The van der Waals surface area contributed by atoms with Gasteiger partial charge < -0.3 is 5.32 Å². The fraction of sp³-hybridized carbons (Fsp3) is 0.111. The first-order valence-corrected chi connectivity index (χ1v) is 9.52. The van der Waals surface area contributed by atoms with Gasteiger partial charge in [-0.05, 0) is 18.2 Å². The number of hydrogen-bond donors (Lipinski definition) is 2. The van der Waals surface area contributed by atoms with Crippen LogP contribution in [0.5, 0.6) is 0 Å². The standard InChI is InChI=1S/C18H15BrN4O2S/c1-20-18(25)22-15(24)10-26-17-13-4-2-3-5-14(13)21-16(23-17)11-6-8-12(19)9-7-11/h2-9H,10H2,1H3,(H2,20,22,24,25). The van der Waals surface area contributed by atoms with Crippen molar-refractivity contribution in [1.82, 2.24) is 20.6 Å². The molecule has 0 radical (unpaired) electrons. The molecule has 3 amide bonds. The summed E-state index contributed by atoms with van der Waals surface area (Å²) in [5, 5.41) is 6.15. The Labute approximate surface area is 162 Å². The second-order valence-corrected chi connectivity index (χ2v) is 7.17. The van der Waals surface area contributed by atoms with E-state index in [1.54, 1.807) is 0 Å². The minimum absolute atomic E-state index is 0.0776. The summed E-state index contributed by atoms with van der Waals surface area (Å²) in [6.45, 7) is 0. The van der Waals surface area contributed by atoms with Crippen molar-refractivity contribution in [1.29, 1.82) is 0 Å². The van der Waals surface area contributed by atoms with Gasteiger partial charge in [0.05, 0.1) is 11.3 Å². The molecule has 0 atom stereocenters. The summed E-state index contributed by atoms with van der Waals surface area (Å²) in [6.07, 6.45) is 0. The topological polar surface area (TPSA) is 84.0 Å². The van der Waals surface area contributed by atoms with Crippen LogP contribution in [0.2, 0.25) is 0 Å². The molecular formula is C18H15BrN4O2S. The fourth-order valence-electron chi connectivity index (χ4n) is 2.24. The number of hydrogen-bond acceptors (Lipinski definition) is 5. The molecule has 8 heteroatoms. The molecule has 26 heavy (non-hydrogen) atoms. The zero-order valence-corrected chi connectivity index (χ0v) is 16.2. The lowest BCUT2D eigenvalue weighted by atomic mass is 10.2. The van der Waals surface area contributed by atoms with Crippen LogP contribution in [0, 0.1) is 0 Å². The van der Waals surface area contributed by atoms with Crippen molar-refractivity contribution in [2.45, 2.75) is 5.03 Å². The predicted molar refractivity (Wildman–Crippen MR) is 106 cm³/mol. The molecule has 0 saturated carbocycles. The zero-order chi connectivity index (χ0) is 18.5. The van der Waals surface area contributed by atoms with Crippen LogP contribution in [0.15, 0.2) is 58.0 Å². The van der Waals surface area contributed by atoms with Crippen molar-refractivity contribution in [2.75, 3.05) is 12.8 Å². The minimum Gasteiger partial charge on any atom is -0.341 e. The maximum atomic E-state index is 11.9. The number of nitrogens with zero attached hydrogens (tertiary/aromatic N) is 2. The van der Waals surface area contributed by atoms with E-state index >= 15 is 0 Å². The fourth-order valence-corrected chi connectivity index (χ4v) is 3.33. The number of para-hydroxylation sites is 1. The maximum absolute atomic E-state index is 11.9. The molecule has 0 bridgehead atoms. The molecule has 0 aliphatic carbocycles. The first-order valence-electron chi connectivity index (χ1n) is 7.74. The van der Waals surface area contributed by atoms with E-state index in [4.69, 9.17) is 0 Å². The van der Waals surface area contributed by atoms with Crippen molar-refractivity contribution in [3.8, 4) is 11.4 Å². The number of halogens is 1. The Bertz CT molecular complexity index is 963. The number of urea groups is 1. The molecule has 0 saturated heterocycles. The Hall–Kier alpha value is -2.45. The monoisotopic (exact) mass is 430 g/mol. The van der Waals surface area contributed by atoms with Gasteiger partial charge in [0.1, 0.15) is 5.03 Å². The highest BCUT2D eigenvalue weighted by molar-refractivity contribution is 9.10. The number of thioether (sulfide) groups is 1. The van der Waals surface area contributed by atoms with Crippen molar-refractivity contribution >= 4 is 50.5 Å². The summed E-state index contributed by atoms with van der Waals surface area (Å²) in [5.41, 5.74) is 1.69. The highest BCUT2D eigenvalue weighted by atomic mass is 79.9. The lowest BCUT2D eigenvalue weighted by molar-refractivity contribution is -0.117. The number of fused-ring (bicyclic) bond motifs is 1. The highest BCUT2D eigenvalue weighted by Crippen LogP contribution is 2.28. The average Bonchev–Trinajstić information content (AvgIpc) is 2.66. The summed E-state index contributed by atoms with van der Waals surface area (Å²) >= 11 is 4.69. The molecule has 3 aromatic rings. The minimum atomic E-state index is -0.529. The van der Waals surface area contributed by atoms with Gasteiger partial charge in [0.25, 0.3) is 0 Å². The van der Waals surface area contributed by atoms with Crippen molar-refractivity contribution in [3.05, 3.63) is 53.0 Å². The van der Waals surface area contributed by atoms with Crippen LogP contribution >= 0.6 is 27.7 Å². The third-order valence-electron chi connectivity index (χ3n) is 3.49. The lowest BCUT2D eigenvalue weighted by Crippen LogP contribution is -2.38. The summed E-state index contributed by atoms with van der Waals surface area (Å²) in [4.78, 5) is 32.4. The molecule has 1 aromatic heterocycles. The van der Waals surface area contributed by atoms with Crippen molar-refractivity contribution in [3.63, 3.8) is 0 Å². The Morgan fingerprint density at radius 3 is 2.54 bits per heavy atom. The predicted octanol–water partition coefficient (Wildman–Crippen LogP) is 3.61. The molecular weight excluding hydrogens is 416 g/mol. The van der Waals surface area contributed by atoms with Gasteiger partial charge in [0, 0.05) is 22.5 Å². The summed E-state index contributed by atoms with van der Waals surface area (Å²) in [7, 11) is 1.46. The van der Waals surface area contributed by atoms with Crippen LogP contribution < -0.4 is 10.6 Å². The Morgan fingerprint density at radius 1 is 1.08 bits per heavy atom. The van der Waals surface area contributed by atoms with Gasteiger partial charge in [0.15, 0.2) is 5.82 Å². The maximum Gasteiger partial charge on any atom is 0.321 e. The van der Waals surface area contributed by atoms with Crippen molar-refractivity contribution in [2.24, 2.45) is 0 Å². The molecule has 0 fully saturated rings. The molecule has 0 aliphatic rings. The Morgan fingerprint density at radius 2 is 1.81 bits per heavy atom. The number of imide groups is 1. The number of carbonyl (C=O) groups is 2. The van der Waals surface area contributed by atoms with E-state index < -0.39 is 6.03 Å². The summed E-state index contributed by atoms with van der Waals surface area (Å²) in [6, 6.07) is 14.8. The average molecular weight is 431 g/mol. The third-order valence-corrected chi connectivity index (χ3v) is 5.01. The molecule has 132 valence electrons. The molecule has 0 spiro atoms. The number of aromatic nitrogens is 2. The van der Waals surface area contributed by atoms with Crippen LogP contribution in [0.3, 0.4) is 0 Å². The summed E-state index contributed by atoms with van der Waals surface area (Å²) < 4.78 is 0.975. The van der Waals surface area contributed by atoms with Gasteiger partial charge >= 0.3 is 6.03 Å². The Balaban J connectivity index is 1.91. The second-order valence-electron chi connectivity index (χ2n) is 5.29. The van der Waals surface area contributed by atoms with Crippen molar-refractivity contribution < 1.29 is 9.59 Å². The molecule has 6 nitrogen and oxygen atoms in total. The van der Waals surface area contributed by atoms with Crippen LogP contribution in [-0.4, -0.2) is 34.7 Å². The second kappa shape index (κ2) is 8.29. The van der Waals surface area contributed by atoms with Gasteiger partial charge in [-0.3, -0.25) is 10.1 Å². The highest BCUT2D eigenvalue weighted by Gasteiger charge is 2.13. The van der Waals surface area contributed by atoms with Crippen LogP contribution in [0.1, 0.15) is 0 Å². The zero-order valence-electron chi connectivity index (χ0n) is 13.8. The Kier molecular flexibility index (Phi) is 5.85. The number of rotatable bonds is 4. The summed E-state index contributed by atoms with van der Waals surface area (Å²) in [5.74, 6) is 0.279. The van der Waals surface area contributed by atoms with E-state index in [2.05, 4.69) is 36.5 Å². The van der Waals surface area contributed by atoms with Gasteiger partial charge in [-0.15, -0.1) is 0 Å². The first kappa shape index (κ1) is 18.3. The quantitative estimate of drug-likeness (QED) is 0.487. The SMILES string of the molecule is CNC(=O)NC(=O)CSc1nc(-c2ccc(Br)cc2)nc2ccccc12. The van der Waals surface area contributed by atoms with Gasteiger partial charge in [-0.25, -0.2) is 14.8 Å². The van der Waals surface area contributed by atoms with Crippen LogP contribution in [-0.2, 0) is 4.79 Å². The smallest absolute Gasteiger partial charge is 0.321 e. The van der Waals surface area contributed by atoms with E-state index in [9.17, 15) is 9.59 Å². The first-order chi connectivity index (χ1) is 12.6. The molecule has 2 aromatic carbocycles. The number of nitrogens with one attached hydrogen (secondary N) is 2.